The predicted octanol–water partition coefficient (Wildman–Crippen LogP) is 1.92. The highest BCUT2D eigenvalue weighted by Gasteiger charge is 2.13. The van der Waals surface area contributed by atoms with Crippen molar-refractivity contribution in [3.63, 3.8) is 0 Å². The first-order valence-electron chi connectivity index (χ1n) is 5.99. The van der Waals surface area contributed by atoms with Gasteiger partial charge in [-0.15, -0.1) is 0 Å². The SMILES string of the molecule is COC(=O)c1ccc(N)cc1Cn1nc(C)cc1C. The molecule has 0 saturated carbocycles. The number of hydrogen-bond acceptors (Lipinski definition) is 4. The van der Waals surface area contributed by atoms with Crippen molar-refractivity contribution in [2.24, 2.45) is 0 Å². The summed E-state index contributed by atoms with van der Waals surface area (Å²) >= 11 is 0. The molecule has 0 spiro atoms. The van der Waals surface area contributed by atoms with Gasteiger partial charge in [0.25, 0.3) is 0 Å². The second-order valence-electron chi connectivity index (χ2n) is 4.49. The fourth-order valence-electron chi connectivity index (χ4n) is 2.05. The molecule has 0 aliphatic rings. The van der Waals surface area contributed by atoms with Gasteiger partial charge in [-0.1, -0.05) is 0 Å². The number of carbonyl (C=O) groups is 1. The molecule has 19 heavy (non-hydrogen) atoms. The van der Waals surface area contributed by atoms with Gasteiger partial charge in [0.15, 0.2) is 0 Å². The fourth-order valence-corrected chi connectivity index (χ4v) is 2.05. The smallest absolute Gasteiger partial charge is 0.338 e. The fraction of sp³-hybridized carbons (Fsp3) is 0.286. The van der Waals surface area contributed by atoms with Crippen LogP contribution < -0.4 is 5.73 Å². The van der Waals surface area contributed by atoms with Crippen molar-refractivity contribution in [3.05, 3.63) is 46.8 Å². The summed E-state index contributed by atoms with van der Waals surface area (Å²) in [6.45, 7) is 4.41. The molecule has 0 amide bonds. The maximum Gasteiger partial charge on any atom is 0.338 e. The summed E-state index contributed by atoms with van der Waals surface area (Å²) in [7, 11) is 1.37. The normalized spacial score (nSPS) is 10.5. The summed E-state index contributed by atoms with van der Waals surface area (Å²) in [6, 6.07) is 7.14. The largest absolute Gasteiger partial charge is 0.465 e. The topological polar surface area (TPSA) is 70.1 Å². The lowest BCUT2D eigenvalue weighted by Crippen LogP contribution is -2.11. The summed E-state index contributed by atoms with van der Waals surface area (Å²) in [5.74, 6) is -0.364. The van der Waals surface area contributed by atoms with Gasteiger partial charge in [-0.05, 0) is 43.7 Å². The highest BCUT2D eigenvalue weighted by molar-refractivity contribution is 5.91. The number of nitrogens with zero attached hydrogens (tertiary/aromatic N) is 2. The Morgan fingerprint density at radius 3 is 2.68 bits per heavy atom. The Bertz CT molecular complexity index is 617. The number of carbonyl (C=O) groups excluding carboxylic acids is 1. The van der Waals surface area contributed by atoms with E-state index >= 15 is 0 Å². The lowest BCUT2D eigenvalue weighted by molar-refractivity contribution is 0.0599. The number of rotatable bonds is 3. The minimum Gasteiger partial charge on any atom is -0.465 e. The molecule has 1 aromatic heterocycles. The van der Waals surface area contributed by atoms with Gasteiger partial charge in [0.05, 0.1) is 24.9 Å². The number of anilines is 1. The zero-order valence-electron chi connectivity index (χ0n) is 11.3. The number of hydrogen-bond donors (Lipinski definition) is 1. The first-order chi connectivity index (χ1) is 9.01. The van der Waals surface area contributed by atoms with Crippen LogP contribution in [0.4, 0.5) is 5.69 Å². The zero-order chi connectivity index (χ0) is 14.0. The summed E-state index contributed by atoms with van der Waals surface area (Å²) in [5.41, 5.74) is 9.70. The van der Waals surface area contributed by atoms with E-state index in [9.17, 15) is 4.79 Å². The van der Waals surface area contributed by atoms with E-state index < -0.39 is 0 Å². The van der Waals surface area contributed by atoms with Gasteiger partial charge in [-0.2, -0.15) is 5.10 Å². The molecule has 0 saturated heterocycles. The first-order valence-corrected chi connectivity index (χ1v) is 5.99. The molecular formula is C14H17N3O2. The van der Waals surface area contributed by atoms with Crippen molar-refractivity contribution in [1.29, 1.82) is 0 Å². The van der Waals surface area contributed by atoms with Crippen LogP contribution in [0.15, 0.2) is 24.3 Å². The van der Waals surface area contributed by atoms with Crippen molar-refractivity contribution in [3.8, 4) is 0 Å². The molecule has 1 heterocycles. The number of aryl methyl sites for hydroxylation is 2. The number of esters is 1. The molecular weight excluding hydrogens is 242 g/mol. The van der Waals surface area contributed by atoms with Crippen molar-refractivity contribution in [2.45, 2.75) is 20.4 Å². The van der Waals surface area contributed by atoms with Gasteiger partial charge in [0, 0.05) is 11.4 Å². The van der Waals surface area contributed by atoms with Crippen LogP contribution in [0.2, 0.25) is 0 Å². The number of nitrogens with two attached hydrogens (primary N) is 1. The van der Waals surface area contributed by atoms with E-state index in [1.807, 2.05) is 24.6 Å². The van der Waals surface area contributed by atoms with Crippen LogP contribution in [0.25, 0.3) is 0 Å². The van der Waals surface area contributed by atoms with Crippen LogP contribution in [0.3, 0.4) is 0 Å². The zero-order valence-corrected chi connectivity index (χ0v) is 11.3. The molecule has 100 valence electrons. The first kappa shape index (κ1) is 13.1. The lowest BCUT2D eigenvalue weighted by Gasteiger charge is -2.10. The van der Waals surface area contributed by atoms with Gasteiger partial charge in [-0.3, -0.25) is 4.68 Å². The molecule has 0 unspecified atom stereocenters. The summed E-state index contributed by atoms with van der Waals surface area (Å²) in [4.78, 5) is 11.7. The van der Waals surface area contributed by atoms with E-state index in [4.69, 9.17) is 10.5 Å². The summed E-state index contributed by atoms with van der Waals surface area (Å²) in [6.07, 6.45) is 0. The average molecular weight is 259 g/mol. The third-order valence-corrected chi connectivity index (χ3v) is 2.96. The number of nitrogen functional groups attached to an aromatic ring is 1. The van der Waals surface area contributed by atoms with Gasteiger partial charge in [-0.25, -0.2) is 4.79 Å². The predicted molar refractivity (Wildman–Crippen MR) is 73.0 cm³/mol. The summed E-state index contributed by atoms with van der Waals surface area (Å²) in [5, 5.41) is 4.39. The molecule has 0 radical (unpaired) electrons. The van der Waals surface area contributed by atoms with Crippen LogP contribution in [-0.2, 0) is 11.3 Å². The Labute approximate surface area is 112 Å². The van der Waals surface area contributed by atoms with E-state index in [1.54, 1.807) is 18.2 Å². The van der Waals surface area contributed by atoms with Gasteiger partial charge in [0.1, 0.15) is 0 Å². The maximum atomic E-state index is 11.7. The number of aromatic nitrogens is 2. The average Bonchev–Trinajstić information content (AvgIpc) is 2.67. The second-order valence-corrected chi connectivity index (χ2v) is 4.49. The van der Waals surface area contributed by atoms with Crippen LogP contribution in [0.1, 0.15) is 27.3 Å². The molecule has 2 aromatic rings. The molecule has 1 aromatic carbocycles. The Kier molecular flexibility index (Phi) is 3.55. The van der Waals surface area contributed by atoms with Crippen LogP contribution >= 0.6 is 0 Å². The quantitative estimate of drug-likeness (QED) is 0.675. The number of ether oxygens (including phenoxy) is 1. The lowest BCUT2D eigenvalue weighted by atomic mass is 10.1. The standard InChI is InChI=1S/C14H17N3O2/c1-9-6-10(2)17(16-9)8-11-7-12(15)4-5-13(11)14(18)19-3/h4-7H,8,15H2,1-3H3. The molecule has 5 heteroatoms. The minimum atomic E-state index is -0.364. The van der Waals surface area contributed by atoms with Gasteiger partial charge in [0.2, 0.25) is 0 Å². The molecule has 0 atom stereocenters. The molecule has 0 bridgehead atoms. The van der Waals surface area contributed by atoms with Gasteiger partial charge >= 0.3 is 5.97 Å². The van der Waals surface area contributed by atoms with Gasteiger partial charge < -0.3 is 10.5 Å². The Morgan fingerprint density at radius 1 is 1.37 bits per heavy atom. The Balaban J connectivity index is 2.41. The monoisotopic (exact) mass is 259 g/mol. The maximum absolute atomic E-state index is 11.7. The second kappa shape index (κ2) is 5.14. The summed E-state index contributed by atoms with van der Waals surface area (Å²) < 4.78 is 6.62. The number of methoxy groups -OCH3 is 1. The van der Waals surface area contributed by atoms with Crippen LogP contribution in [0.5, 0.6) is 0 Å². The van der Waals surface area contributed by atoms with E-state index in [2.05, 4.69) is 5.10 Å². The molecule has 2 rings (SSSR count). The van der Waals surface area contributed by atoms with Crippen LogP contribution in [-0.4, -0.2) is 22.9 Å². The van der Waals surface area contributed by atoms with Crippen molar-refractivity contribution in [2.75, 3.05) is 12.8 Å². The number of benzene rings is 1. The van der Waals surface area contributed by atoms with E-state index in [0.29, 0.717) is 17.8 Å². The van der Waals surface area contributed by atoms with E-state index in [1.165, 1.54) is 7.11 Å². The molecule has 0 aliphatic carbocycles. The Hall–Kier alpha value is -2.30. The molecule has 5 nitrogen and oxygen atoms in total. The Morgan fingerprint density at radius 2 is 2.11 bits per heavy atom. The van der Waals surface area contributed by atoms with Crippen molar-refractivity contribution >= 4 is 11.7 Å². The van der Waals surface area contributed by atoms with E-state index in [0.717, 1.165) is 17.0 Å². The third-order valence-electron chi connectivity index (χ3n) is 2.96. The highest BCUT2D eigenvalue weighted by atomic mass is 16.5. The molecule has 0 fully saturated rings. The molecule has 2 N–H and O–H groups in total. The minimum absolute atomic E-state index is 0.364. The van der Waals surface area contributed by atoms with E-state index in [-0.39, 0.29) is 5.97 Å². The van der Waals surface area contributed by atoms with Crippen LogP contribution in [0, 0.1) is 13.8 Å². The third kappa shape index (κ3) is 2.76. The highest BCUT2D eigenvalue weighted by Crippen LogP contribution is 2.17. The van der Waals surface area contributed by atoms with Crippen molar-refractivity contribution in [1.82, 2.24) is 9.78 Å². The molecule has 0 aliphatic heterocycles. The van der Waals surface area contributed by atoms with Crippen molar-refractivity contribution < 1.29 is 9.53 Å².